The number of hydrogen-bond acceptors (Lipinski definition) is 4. The van der Waals surface area contributed by atoms with Gasteiger partial charge in [0.05, 0.1) is 21.5 Å². The number of hydrogen-bond donors (Lipinski definition) is 1. The third-order valence-corrected chi connectivity index (χ3v) is 4.81. The molecule has 3 rings (SSSR count). The summed E-state index contributed by atoms with van der Waals surface area (Å²) in [7, 11) is 0. The normalized spacial score (nSPS) is 12.4. The van der Waals surface area contributed by atoms with Crippen LogP contribution in [0.1, 0.15) is 30.5 Å². The van der Waals surface area contributed by atoms with Crippen LogP contribution in [0, 0.1) is 0 Å². The summed E-state index contributed by atoms with van der Waals surface area (Å²) >= 11 is 1.66. The lowest BCUT2D eigenvalue weighted by atomic mass is 10.1. The van der Waals surface area contributed by atoms with Crippen LogP contribution in [0.3, 0.4) is 0 Å². The van der Waals surface area contributed by atoms with Crippen molar-refractivity contribution in [2.45, 2.75) is 38.6 Å². The monoisotopic (exact) mass is 328 g/mol. The Labute approximate surface area is 139 Å². The fraction of sp³-hybridized carbons (Fsp3) is 0.333. The Morgan fingerprint density at radius 3 is 2.91 bits per heavy atom. The predicted octanol–water partition coefficient (Wildman–Crippen LogP) is 3.96. The molecule has 0 aliphatic carbocycles. The van der Waals surface area contributed by atoms with Gasteiger partial charge in [0, 0.05) is 25.3 Å². The van der Waals surface area contributed by atoms with E-state index in [9.17, 15) is 4.79 Å². The van der Waals surface area contributed by atoms with E-state index in [0.717, 1.165) is 29.1 Å². The Balaban J connectivity index is 1.43. The minimum absolute atomic E-state index is 0.0798. The molecule has 1 amide bonds. The fourth-order valence-corrected chi connectivity index (χ4v) is 3.45. The Hall–Kier alpha value is -2.14. The minimum Gasteiger partial charge on any atom is -0.469 e. The highest BCUT2D eigenvalue weighted by Crippen LogP contribution is 2.22. The number of aryl methyl sites for hydroxylation is 2. The van der Waals surface area contributed by atoms with Crippen molar-refractivity contribution < 1.29 is 9.21 Å². The average Bonchev–Trinajstić information content (AvgIpc) is 3.19. The van der Waals surface area contributed by atoms with E-state index in [4.69, 9.17) is 4.42 Å². The second-order valence-electron chi connectivity index (χ2n) is 5.66. The van der Waals surface area contributed by atoms with Crippen LogP contribution >= 0.6 is 11.3 Å². The smallest absolute Gasteiger partial charge is 0.220 e. The maximum absolute atomic E-state index is 12.0. The molecule has 0 aliphatic heterocycles. The number of amides is 1. The highest BCUT2D eigenvalue weighted by atomic mass is 32.1. The summed E-state index contributed by atoms with van der Waals surface area (Å²) in [5, 5.41) is 4.06. The summed E-state index contributed by atoms with van der Waals surface area (Å²) in [5.74, 6) is 1.04. The molecule has 23 heavy (non-hydrogen) atoms. The van der Waals surface area contributed by atoms with E-state index < -0.39 is 0 Å². The van der Waals surface area contributed by atoms with E-state index in [2.05, 4.69) is 16.4 Å². The predicted molar refractivity (Wildman–Crippen MR) is 92.6 cm³/mol. The summed E-state index contributed by atoms with van der Waals surface area (Å²) in [6.07, 6.45) is 4.56. The van der Waals surface area contributed by atoms with Crippen molar-refractivity contribution >= 4 is 27.5 Å². The van der Waals surface area contributed by atoms with E-state index >= 15 is 0 Å². The minimum atomic E-state index is 0.0798. The summed E-state index contributed by atoms with van der Waals surface area (Å²) in [6, 6.07) is 12.1. The molecule has 0 radical (unpaired) electrons. The number of benzene rings is 1. The van der Waals surface area contributed by atoms with Crippen LogP contribution in [-0.2, 0) is 17.6 Å². The van der Waals surface area contributed by atoms with E-state index in [1.54, 1.807) is 17.6 Å². The number of carbonyl (C=O) groups is 1. The van der Waals surface area contributed by atoms with Crippen LogP contribution in [0.25, 0.3) is 10.2 Å². The Morgan fingerprint density at radius 2 is 2.13 bits per heavy atom. The lowest BCUT2D eigenvalue weighted by molar-refractivity contribution is -0.121. The van der Waals surface area contributed by atoms with Gasteiger partial charge in [-0.3, -0.25) is 4.79 Å². The molecule has 120 valence electrons. The third kappa shape index (κ3) is 4.42. The summed E-state index contributed by atoms with van der Waals surface area (Å²) in [6.45, 7) is 2.03. The molecule has 2 aromatic heterocycles. The first-order chi connectivity index (χ1) is 11.2. The lowest BCUT2D eigenvalue weighted by Gasteiger charge is -2.12. The second kappa shape index (κ2) is 7.42. The van der Waals surface area contributed by atoms with E-state index in [0.29, 0.717) is 12.8 Å². The van der Waals surface area contributed by atoms with E-state index in [1.807, 2.05) is 37.3 Å². The van der Waals surface area contributed by atoms with Gasteiger partial charge >= 0.3 is 0 Å². The summed E-state index contributed by atoms with van der Waals surface area (Å²) in [4.78, 5) is 16.6. The van der Waals surface area contributed by atoms with Crippen molar-refractivity contribution in [2.24, 2.45) is 0 Å². The number of fused-ring (bicyclic) bond motifs is 1. The maximum Gasteiger partial charge on any atom is 0.220 e. The molecule has 0 unspecified atom stereocenters. The van der Waals surface area contributed by atoms with Crippen molar-refractivity contribution in [3.8, 4) is 0 Å². The third-order valence-electron chi connectivity index (χ3n) is 3.72. The molecule has 2 heterocycles. The molecule has 0 saturated carbocycles. The van der Waals surface area contributed by atoms with Gasteiger partial charge in [-0.05, 0) is 37.6 Å². The van der Waals surface area contributed by atoms with Gasteiger partial charge in [-0.2, -0.15) is 0 Å². The molecule has 4 nitrogen and oxygen atoms in total. The van der Waals surface area contributed by atoms with Gasteiger partial charge < -0.3 is 9.73 Å². The summed E-state index contributed by atoms with van der Waals surface area (Å²) in [5.41, 5.74) is 1.01. The largest absolute Gasteiger partial charge is 0.469 e. The number of rotatable bonds is 7. The molecule has 1 atom stereocenters. The number of nitrogens with one attached hydrogen (secondary N) is 1. The number of nitrogens with zero attached hydrogens (tertiary/aromatic N) is 1. The zero-order valence-electron chi connectivity index (χ0n) is 13.1. The average molecular weight is 328 g/mol. The highest BCUT2D eigenvalue weighted by molar-refractivity contribution is 7.18. The van der Waals surface area contributed by atoms with Crippen LogP contribution < -0.4 is 5.32 Å². The van der Waals surface area contributed by atoms with Gasteiger partial charge in [0.1, 0.15) is 5.76 Å². The highest BCUT2D eigenvalue weighted by Gasteiger charge is 2.10. The number of carbonyl (C=O) groups excluding carboxylic acids is 1. The van der Waals surface area contributed by atoms with Crippen LogP contribution in [-0.4, -0.2) is 16.9 Å². The van der Waals surface area contributed by atoms with Gasteiger partial charge in [-0.1, -0.05) is 12.1 Å². The molecule has 0 bridgehead atoms. The SMILES string of the molecule is C[C@H](CCc1ccco1)NC(=O)CCc1nc2ccccc2s1. The Morgan fingerprint density at radius 1 is 1.26 bits per heavy atom. The van der Waals surface area contributed by atoms with Crippen molar-refractivity contribution in [2.75, 3.05) is 0 Å². The van der Waals surface area contributed by atoms with Gasteiger partial charge in [-0.15, -0.1) is 11.3 Å². The van der Waals surface area contributed by atoms with E-state index in [1.165, 1.54) is 4.70 Å². The number of furan rings is 1. The Kier molecular flexibility index (Phi) is 5.08. The molecule has 3 aromatic rings. The van der Waals surface area contributed by atoms with Crippen molar-refractivity contribution in [1.82, 2.24) is 10.3 Å². The lowest BCUT2D eigenvalue weighted by Crippen LogP contribution is -2.33. The van der Waals surface area contributed by atoms with Crippen molar-refractivity contribution in [3.63, 3.8) is 0 Å². The van der Waals surface area contributed by atoms with E-state index in [-0.39, 0.29) is 11.9 Å². The number of para-hydroxylation sites is 1. The molecule has 0 saturated heterocycles. The van der Waals surface area contributed by atoms with Gasteiger partial charge in [0.15, 0.2) is 0 Å². The molecule has 0 aliphatic rings. The zero-order chi connectivity index (χ0) is 16.1. The topological polar surface area (TPSA) is 55.1 Å². The molecule has 0 fully saturated rings. The molecule has 0 spiro atoms. The molecule has 1 aromatic carbocycles. The molecule has 5 heteroatoms. The molecule has 1 N–H and O–H groups in total. The van der Waals surface area contributed by atoms with Crippen LogP contribution in [0.4, 0.5) is 0 Å². The first-order valence-corrected chi connectivity index (χ1v) is 8.68. The maximum atomic E-state index is 12.0. The van der Waals surface area contributed by atoms with Crippen molar-refractivity contribution in [3.05, 3.63) is 53.4 Å². The van der Waals surface area contributed by atoms with Crippen LogP contribution in [0.15, 0.2) is 47.1 Å². The molecular formula is C18H20N2O2S. The summed E-state index contributed by atoms with van der Waals surface area (Å²) < 4.78 is 6.48. The number of aromatic nitrogens is 1. The van der Waals surface area contributed by atoms with Gasteiger partial charge in [-0.25, -0.2) is 4.98 Å². The zero-order valence-corrected chi connectivity index (χ0v) is 13.9. The van der Waals surface area contributed by atoms with Crippen LogP contribution in [0.2, 0.25) is 0 Å². The Bertz CT molecular complexity index is 731. The van der Waals surface area contributed by atoms with Crippen molar-refractivity contribution in [1.29, 1.82) is 0 Å². The second-order valence-corrected chi connectivity index (χ2v) is 6.78. The van der Waals surface area contributed by atoms with Crippen LogP contribution in [0.5, 0.6) is 0 Å². The quantitative estimate of drug-likeness (QED) is 0.714. The number of thiazole rings is 1. The first-order valence-electron chi connectivity index (χ1n) is 7.87. The standard InChI is InChI=1S/C18H20N2O2S/c1-13(8-9-14-5-4-12-22-14)19-17(21)10-11-18-20-15-6-2-3-7-16(15)23-18/h2-7,12-13H,8-11H2,1H3,(H,19,21)/t13-/m1/s1. The van der Waals surface area contributed by atoms with Gasteiger partial charge in [0.2, 0.25) is 5.91 Å². The fourth-order valence-electron chi connectivity index (χ4n) is 2.48. The first kappa shape index (κ1) is 15.7. The van der Waals surface area contributed by atoms with Gasteiger partial charge in [0.25, 0.3) is 0 Å². The molecular weight excluding hydrogens is 308 g/mol.